The molecule has 0 atom stereocenters. The van der Waals surface area contributed by atoms with E-state index in [-0.39, 0.29) is 11.6 Å². The predicted molar refractivity (Wildman–Crippen MR) is 61.8 cm³/mol. The third kappa shape index (κ3) is 3.83. The zero-order chi connectivity index (χ0) is 15.7. The van der Waals surface area contributed by atoms with Gasteiger partial charge in [-0.1, -0.05) is 0 Å². The van der Waals surface area contributed by atoms with Crippen LogP contribution in [-0.4, -0.2) is 9.97 Å². The standard InChI is InChI=1S/C12H7F6N3/c13-11(14,15)7-1-3-19-9(5-7)21-10-6-8(2-4-20-10)12(16,17)18/h1-6H,(H,19,20,21). The lowest BCUT2D eigenvalue weighted by Gasteiger charge is -2.11. The van der Waals surface area contributed by atoms with Crippen molar-refractivity contribution in [2.75, 3.05) is 5.32 Å². The average Bonchev–Trinajstić information content (AvgIpc) is 2.37. The minimum Gasteiger partial charge on any atom is -0.325 e. The molecule has 0 aliphatic heterocycles. The van der Waals surface area contributed by atoms with Crippen LogP contribution in [0.5, 0.6) is 0 Å². The Bertz CT molecular complexity index is 580. The average molecular weight is 307 g/mol. The van der Waals surface area contributed by atoms with E-state index in [2.05, 4.69) is 15.3 Å². The summed E-state index contributed by atoms with van der Waals surface area (Å²) in [5, 5.41) is 2.31. The first-order valence-corrected chi connectivity index (χ1v) is 5.50. The predicted octanol–water partition coefficient (Wildman–Crippen LogP) is 4.26. The maximum Gasteiger partial charge on any atom is 0.416 e. The second-order valence-corrected chi connectivity index (χ2v) is 3.98. The van der Waals surface area contributed by atoms with E-state index in [1.807, 2.05) is 0 Å². The lowest BCUT2D eigenvalue weighted by molar-refractivity contribution is -0.138. The Morgan fingerprint density at radius 1 is 0.714 bits per heavy atom. The highest BCUT2D eigenvalue weighted by Gasteiger charge is 2.32. The first kappa shape index (κ1) is 15.1. The number of rotatable bonds is 2. The zero-order valence-corrected chi connectivity index (χ0v) is 10.1. The van der Waals surface area contributed by atoms with E-state index >= 15 is 0 Å². The zero-order valence-electron chi connectivity index (χ0n) is 10.1. The summed E-state index contributed by atoms with van der Waals surface area (Å²) in [6.45, 7) is 0. The Morgan fingerprint density at radius 3 is 1.43 bits per heavy atom. The van der Waals surface area contributed by atoms with Gasteiger partial charge < -0.3 is 5.32 Å². The Labute approximate surface area is 114 Å². The van der Waals surface area contributed by atoms with Crippen LogP contribution >= 0.6 is 0 Å². The van der Waals surface area contributed by atoms with Gasteiger partial charge in [0.05, 0.1) is 11.1 Å². The van der Waals surface area contributed by atoms with Crippen LogP contribution in [0, 0.1) is 0 Å². The van der Waals surface area contributed by atoms with Crippen LogP contribution < -0.4 is 5.32 Å². The van der Waals surface area contributed by atoms with E-state index < -0.39 is 23.5 Å². The number of pyridine rings is 2. The van der Waals surface area contributed by atoms with Gasteiger partial charge in [0.25, 0.3) is 0 Å². The van der Waals surface area contributed by atoms with E-state index in [9.17, 15) is 26.3 Å². The fourth-order valence-electron chi connectivity index (χ4n) is 1.48. The molecule has 2 heterocycles. The van der Waals surface area contributed by atoms with Crippen molar-refractivity contribution in [1.29, 1.82) is 0 Å². The second-order valence-electron chi connectivity index (χ2n) is 3.98. The van der Waals surface area contributed by atoms with Crippen molar-refractivity contribution in [3.8, 4) is 0 Å². The summed E-state index contributed by atoms with van der Waals surface area (Å²) in [7, 11) is 0. The van der Waals surface area contributed by atoms with Gasteiger partial charge in [-0.25, -0.2) is 9.97 Å². The maximum absolute atomic E-state index is 12.5. The number of alkyl halides is 6. The van der Waals surface area contributed by atoms with Gasteiger partial charge in [0.2, 0.25) is 0 Å². The van der Waals surface area contributed by atoms with Crippen LogP contribution in [0.3, 0.4) is 0 Å². The lowest BCUT2D eigenvalue weighted by Crippen LogP contribution is -2.08. The smallest absolute Gasteiger partial charge is 0.325 e. The number of aromatic nitrogens is 2. The summed E-state index contributed by atoms with van der Waals surface area (Å²) >= 11 is 0. The number of nitrogens with zero attached hydrogens (tertiary/aromatic N) is 2. The van der Waals surface area contributed by atoms with Crippen LogP contribution in [0.15, 0.2) is 36.7 Å². The second kappa shape index (κ2) is 5.23. The molecule has 2 rings (SSSR count). The topological polar surface area (TPSA) is 37.8 Å². The molecule has 2 aromatic heterocycles. The summed E-state index contributed by atoms with van der Waals surface area (Å²) in [5.74, 6) is -0.506. The van der Waals surface area contributed by atoms with E-state index in [4.69, 9.17) is 0 Å². The number of halogens is 6. The summed E-state index contributed by atoms with van der Waals surface area (Å²) in [4.78, 5) is 7.22. The molecule has 0 unspecified atom stereocenters. The van der Waals surface area contributed by atoms with Crippen molar-refractivity contribution in [1.82, 2.24) is 9.97 Å². The van der Waals surface area contributed by atoms with Crippen LogP contribution in [-0.2, 0) is 12.4 Å². The number of hydrogen-bond donors (Lipinski definition) is 1. The van der Waals surface area contributed by atoms with Gasteiger partial charge in [-0.15, -0.1) is 0 Å². The maximum atomic E-state index is 12.5. The van der Waals surface area contributed by atoms with Gasteiger partial charge in [0, 0.05) is 12.4 Å². The Hall–Kier alpha value is -2.32. The molecule has 0 aliphatic carbocycles. The molecule has 0 saturated heterocycles. The molecule has 3 nitrogen and oxygen atoms in total. The lowest BCUT2D eigenvalue weighted by atomic mass is 10.2. The van der Waals surface area contributed by atoms with Gasteiger partial charge in [-0.3, -0.25) is 0 Å². The minimum atomic E-state index is -4.57. The molecule has 21 heavy (non-hydrogen) atoms. The molecule has 0 bridgehead atoms. The Kier molecular flexibility index (Phi) is 3.75. The van der Waals surface area contributed by atoms with Gasteiger partial charge >= 0.3 is 12.4 Å². The molecule has 0 aliphatic rings. The molecule has 2 aromatic rings. The van der Waals surface area contributed by atoms with E-state index in [1.54, 1.807) is 0 Å². The van der Waals surface area contributed by atoms with Crippen molar-refractivity contribution in [3.05, 3.63) is 47.8 Å². The van der Waals surface area contributed by atoms with Crippen LogP contribution in [0.2, 0.25) is 0 Å². The van der Waals surface area contributed by atoms with Crippen LogP contribution in [0.4, 0.5) is 38.0 Å². The van der Waals surface area contributed by atoms with E-state index in [1.165, 1.54) is 0 Å². The molecular weight excluding hydrogens is 300 g/mol. The first-order chi connectivity index (χ1) is 9.66. The highest BCUT2D eigenvalue weighted by molar-refractivity contribution is 5.53. The third-order valence-electron chi connectivity index (χ3n) is 2.43. The van der Waals surface area contributed by atoms with Crippen molar-refractivity contribution in [2.45, 2.75) is 12.4 Å². The fraction of sp³-hybridized carbons (Fsp3) is 0.167. The summed E-state index contributed by atoms with van der Waals surface area (Å²) in [5.41, 5.74) is -1.93. The summed E-state index contributed by atoms with van der Waals surface area (Å²) in [6.07, 6.45) is -7.33. The summed E-state index contributed by atoms with van der Waals surface area (Å²) in [6, 6.07) is 2.87. The number of hydrogen-bond acceptors (Lipinski definition) is 3. The molecule has 1 N–H and O–H groups in total. The molecule has 0 fully saturated rings. The molecule has 0 aromatic carbocycles. The van der Waals surface area contributed by atoms with Crippen LogP contribution in [0.1, 0.15) is 11.1 Å². The van der Waals surface area contributed by atoms with Crippen molar-refractivity contribution >= 4 is 11.6 Å². The molecule has 0 saturated carbocycles. The van der Waals surface area contributed by atoms with Crippen molar-refractivity contribution in [3.63, 3.8) is 0 Å². The molecule has 0 amide bonds. The normalized spacial score (nSPS) is 12.3. The van der Waals surface area contributed by atoms with Crippen LogP contribution in [0.25, 0.3) is 0 Å². The molecule has 0 spiro atoms. The van der Waals surface area contributed by atoms with Crippen molar-refractivity contribution < 1.29 is 26.3 Å². The third-order valence-corrected chi connectivity index (χ3v) is 2.43. The van der Waals surface area contributed by atoms with Gasteiger partial charge in [0.1, 0.15) is 11.6 Å². The Balaban J connectivity index is 2.27. The van der Waals surface area contributed by atoms with Crippen molar-refractivity contribution in [2.24, 2.45) is 0 Å². The molecular formula is C12H7F6N3. The molecule has 112 valence electrons. The van der Waals surface area contributed by atoms with Gasteiger partial charge in [-0.05, 0) is 24.3 Å². The highest BCUT2D eigenvalue weighted by Crippen LogP contribution is 2.32. The van der Waals surface area contributed by atoms with Gasteiger partial charge in [0.15, 0.2) is 0 Å². The monoisotopic (exact) mass is 307 g/mol. The Morgan fingerprint density at radius 2 is 1.10 bits per heavy atom. The quantitative estimate of drug-likeness (QED) is 0.843. The number of anilines is 2. The first-order valence-electron chi connectivity index (χ1n) is 5.50. The molecule has 9 heteroatoms. The summed E-state index contributed by atoms with van der Waals surface area (Å²) < 4.78 is 75.0. The van der Waals surface area contributed by atoms with E-state index in [0.29, 0.717) is 12.1 Å². The highest BCUT2D eigenvalue weighted by atomic mass is 19.4. The number of nitrogens with one attached hydrogen (secondary N) is 1. The largest absolute Gasteiger partial charge is 0.416 e. The van der Waals surface area contributed by atoms with E-state index in [0.717, 1.165) is 24.5 Å². The SMILES string of the molecule is FC(F)(F)c1ccnc(Nc2cc(C(F)(F)F)ccn2)c1. The van der Waals surface area contributed by atoms with Gasteiger partial charge in [-0.2, -0.15) is 26.3 Å². The minimum absolute atomic E-state index is 0.253. The molecule has 0 radical (unpaired) electrons. The fourth-order valence-corrected chi connectivity index (χ4v) is 1.48.